The molecule has 1 aromatic heterocycles. The summed E-state index contributed by atoms with van der Waals surface area (Å²) < 4.78 is 0. The first-order valence-corrected chi connectivity index (χ1v) is 4.75. The number of carbonyl (C=O) groups is 1. The summed E-state index contributed by atoms with van der Waals surface area (Å²) in [6, 6.07) is 0. The normalized spacial score (nSPS) is 28.9. The zero-order chi connectivity index (χ0) is 8.60. The third-order valence-electron chi connectivity index (χ3n) is 2.18. The summed E-state index contributed by atoms with van der Waals surface area (Å²) in [5.41, 5.74) is -0.0642. The number of carbonyl (C=O) groups excluding carboxylic acids is 1. The van der Waals surface area contributed by atoms with Crippen LogP contribution in [0.15, 0.2) is 11.6 Å². The van der Waals surface area contributed by atoms with Gasteiger partial charge in [-0.15, -0.1) is 11.3 Å². The van der Waals surface area contributed by atoms with Gasteiger partial charge in [0.1, 0.15) is 5.01 Å². The minimum atomic E-state index is -0.0642. The van der Waals surface area contributed by atoms with Gasteiger partial charge in [0.25, 0.3) is 0 Å². The number of nitrogens with one attached hydrogen (secondary N) is 1. The number of rotatable bonds is 1. The average Bonchev–Trinajstić information content (AvgIpc) is 2.59. The van der Waals surface area contributed by atoms with Gasteiger partial charge in [0, 0.05) is 30.0 Å². The van der Waals surface area contributed by atoms with Crippen LogP contribution in [0.5, 0.6) is 0 Å². The molecule has 3 nitrogen and oxygen atoms in total. The van der Waals surface area contributed by atoms with Crippen LogP contribution in [0.1, 0.15) is 18.4 Å². The molecule has 1 aliphatic heterocycles. The predicted octanol–water partition coefficient (Wildman–Crippen LogP) is 0.921. The molecule has 1 unspecified atom stereocenters. The first-order valence-electron chi connectivity index (χ1n) is 3.87. The fourth-order valence-electron chi connectivity index (χ4n) is 1.45. The van der Waals surface area contributed by atoms with Gasteiger partial charge in [0.05, 0.1) is 0 Å². The molecule has 12 heavy (non-hydrogen) atoms. The molecule has 0 aliphatic carbocycles. The lowest BCUT2D eigenvalue weighted by Gasteiger charge is -2.17. The second-order valence-electron chi connectivity index (χ2n) is 3.35. The summed E-state index contributed by atoms with van der Waals surface area (Å²) in [4.78, 5) is 15.3. The fourth-order valence-corrected chi connectivity index (χ4v) is 2.25. The van der Waals surface area contributed by atoms with Gasteiger partial charge in [-0.25, -0.2) is 4.98 Å². The van der Waals surface area contributed by atoms with E-state index in [9.17, 15) is 4.79 Å². The highest BCUT2D eigenvalue weighted by molar-refractivity contribution is 7.09. The van der Waals surface area contributed by atoms with Gasteiger partial charge in [0.15, 0.2) is 0 Å². The molecule has 0 radical (unpaired) electrons. The molecule has 1 aromatic rings. The summed E-state index contributed by atoms with van der Waals surface area (Å²) in [6.45, 7) is 2.79. The molecule has 1 fully saturated rings. The van der Waals surface area contributed by atoms with Crippen molar-refractivity contribution in [1.82, 2.24) is 10.3 Å². The van der Waals surface area contributed by atoms with Crippen molar-refractivity contribution < 1.29 is 4.79 Å². The van der Waals surface area contributed by atoms with Crippen LogP contribution in [0.25, 0.3) is 0 Å². The standard InChI is InChI=1S/C8H10N2OS/c1-8(4-6(11)10-5-8)7-9-2-3-12-7/h2-3H,4-5H2,1H3,(H,10,11). The maximum absolute atomic E-state index is 11.0. The van der Waals surface area contributed by atoms with Crippen LogP contribution < -0.4 is 5.32 Å². The van der Waals surface area contributed by atoms with Gasteiger partial charge in [0.2, 0.25) is 5.91 Å². The van der Waals surface area contributed by atoms with E-state index in [0.717, 1.165) is 11.6 Å². The molecule has 64 valence electrons. The molecule has 1 saturated heterocycles. The minimum absolute atomic E-state index is 0.0642. The van der Waals surface area contributed by atoms with Crippen molar-refractivity contribution in [2.45, 2.75) is 18.8 Å². The van der Waals surface area contributed by atoms with Gasteiger partial charge in [-0.2, -0.15) is 0 Å². The van der Waals surface area contributed by atoms with Crippen molar-refractivity contribution >= 4 is 17.2 Å². The first-order chi connectivity index (χ1) is 5.71. The summed E-state index contributed by atoms with van der Waals surface area (Å²) >= 11 is 1.62. The first kappa shape index (κ1) is 7.73. The van der Waals surface area contributed by atoms with Gasteiger partial charge in [-0.1, -0.05) is 6.92 Å². The Labute approximate surface area is 74.8 Å². The van der Waals surface area contributed by atoms with Crippen LogP contribution in [0.4, 0.5) is 0 Å². The van der Waals surface area contributed by atoms with Gasteiger partial charge < -0.3 is 5.32 Å². The summed E-state index contributed by atoms with van der Waals surface area (Å²) in [6.07, 6.45) is 2.36. The van der Waals surface area contributed by atoms with Crippen molar-refractivity contribution in [2.24, 2.45) is 0 Å². The highest BCUT2D eigenvalue weighted by Gasteiger charge is 2.37. The lowest BCUT2D eigenvalue weighted by atomic mass is 9.91. The molecule has 0 spiro atoms. The van der Waals surface area contributed by atoms with Gasteiger partial charge >= 0.3 is 0 Å². The van der Waals surface area contributed by atoms with Crippen LogP contribution in [-0.4, -0.2) is 17.4 Å². The van der Waals surface area contributed by atoms with Crippen molar-refractivity contribution in [1.29, 1.82) is 0 Å². The molecule has 1 amide bonds. The molecule has 0 saturated carbocycles. The number of nitrogens with zero attached hydrogens (tertiary/aromatic N) is 1. The second-order valence-corrected chi connectivity index (χ2v) is 4.25. The molecule has 4 heteroatoms. The number of amides is 1. The molecule has 1 atom stereocenters. The lowest BCUT2D eigenvalue weighted by Crippen LogP contribution is -2.24. The van der Waals surface area contributed by atoms with Crippen LogP contribution in [0.3, 0.4) is 0 Å². The Bertz CT molecular complexity index is 296. The van der Waals surface area contributed by atoms with Crippen molar-refractivity contribution in [2.75, 3.05) is 6.54 Å². The van der Waals surface area contributed by atoms with E-state index >= 15 is 0 Å². The summed E-state index contributed by atoms with van der Waals surface area (Å²) in [7, 11) is 0. The third kappa shape index (κ3) is 1.12. The Hall–Kier alpha value is -0.900. The lowest BCUT2D eigenvalue weighted by molar-refractivity contribution is -0.119. The fraction of sp³-hybridized carbons (Fsp3) is 0.500. The quantitative estimate of drug-likeness (QED) is 0.701. The van der Waals surface area contributed by atoms with E-state index in [1.165, 1.54) is 0 Å². The predicted molar refractivity (Wildman–Crippen MR) is 47.1 cm³/mol. The molecule has 0 aromatic carbocycles. The van der Waals surface area contributed by atoms with E-state index in [0.29, 0.717) is 6.42 Å². The molecule has 1 N–H and O–H groups in total. The van der Waals surface area contributed by atoms with Crippen molar-refractivity contribution in [3.63, 3.8) is 0 Å². The van der Waals surface area contributed by atoms with Crippen LogP contribution >= 0.6 is 11.3 Å². The Morgan fingerprint density at radius 1 is 1.75 bits per heavy atom. The number of hydrogen-bond donors (Lipinski definition) is 1. The van der Waals surface area contributed by atoms with E-state index in [2.05, 4.69) is 17.2 Å². The number of aromatic nitrogens is 1. The van der Waals surface area contributed by atoms with E-state index in [-0.39, 0.29) is 11.3 Å². The van der Waals surface area contributed by atoms with Crippen LogP contribution in [0.2, 0.25) is 0 Å². The third-order valence-corrected chi connectivity index (χ3v) is 3.25. The Morgan fingerprint density at radius 2 is 2.58 bits per heavy atom. The van der Waals surface area contributed by atoms with Gasteiger partial charge in [-0.05, 0) is 0 Å². The summed E-state index contributed by atoms with van der Waals surface area (Å²) in [5.74, 6) is 0.132. The number of hydrogen-bond acceptors (Lipinski definition) is 3. The molecular formula is C8H10N2OS. The Balaban J connectivity index is 2.28. The Morgan fingerprint density at radius 3 is 3.08 bits per heavy atom. The van der Waals surface area contributed by atoms with E-state index in [1.807, 2.05) is 5.38 Å². The van der Waals surface area contributed by atoms with Crippen LogP contribution in [-0.2, 0) is 10.2 Å². The maximum atomic E-state index is 11.0. The average molecular weight is 182 g/mol. The second kappa shape index (κ2) is 2.55. The molecular weight excluding hydrogens is 172 g/mol. The van der Waals surface area contributed by atoms with E-state index in [1.54, 1.807) is 17.5 Å². The SMILES string of the molecule is CC1(c2nccs2)CNC(=O)C1. The smallest absolute Gasteiger partial charge is 0.221 e. The topological polar surface area (TPSA) is 42.0 Å². The molecule has 0 bridgehead atoms. The van der Waals surface area contributed by atoms with Gasteiger partial charge in [-0.3, -0.25) is 4.79 Å². The highest BCUT2D eigenvalue weighted by Crippen LogP contribution is 2.31. The number of thiazole rings is 1. The van der Waals surface area contributed by atoms with Crippen molar-refractivity contribution in [3.8, 4) is 0 Å². The Kier molecular flexibility index (Phi) is 1.65. The van der Waals surface area contributed by atoms with E-state index in [4.69, 9.17) is 0 Å². The molecule has 1 aliphatic rings. The summed E-state index contributed by atoms with van der Waals surface area (Å²) in [5, 5.41) is 5.83. The highest BCUT2D eigenvalue weighted by atomic mass is 32.1. The minimum Gasteiger partial charge on any atom is -0.355 e. The maximum Gasteiger partial charge on any atom is 0.221 e. The van der Waals surface area contributed by atoms with E-state index < -0.39 is 0 Å². The molecule has 2 heterocycles. The largest absolute Gasteiger partial charge is 0.355 e. The van der Waals surface area contributed by atoms with Crippen molar-refractivity contribution in [3.05, 3.63) is 16.6 Å². The monoisotopic (exact) mass is 182 g/mol. The zero-order valence-corrected chi connectivity index (χ0v) is 7.65. The van der Waals surface area contributed by atoms with Crippen LogP contribution in [0, 0.1) is 0 Å². The molecule has 2 rings (SSSR count). The zero-order valence-electron chi connectivity index (χ0n) is 6.83.